The maximum absolute atomic E-state index is 3.18. The zero-order valence-corrected chi connectivity index (χ0v) is 8.40. The largest absolute Gasteiger partial charge is 0.316 e. The average Bonchev–Trinajstić information content (AvgIpc) is 2.40. The number of fused-ring (bicyclic) bond motifs is 1. The highest BCUT2D eigenvalue weighted by molar-refractivity contribution is 5.43. The van der Waals surface area contributed by atoms with Crippen LogP contribution in [0.2, 0.25) is 0 Å². The quantitative estimate of drug-likeness (QED) is 0.696. The van der Waals surface area contributed by atoms with Gasteiger partial charge in [-0.3, -0.25) is 0 Å². The summed E-state index contributed by atoms with van der Waals surface area (Å²) in [5.74, 6) is 0.457. The predicted molar refractivity (Wildman–Crippen MR) is 61.0 cm³/mol. The molecule has 0 aliphatic heterocycles. The van der Waals surface area contributed by atoms with Crippen LogP contribution < -0.4 is 5.32 Å². The van der Waals surface area contributed by atoms with Crippen molar-refractivity contribution in [2.45, 2.75) is 0 Å². The number of likely N-dealkylation sites (N-methyl/N-ethyl adjacent to an activating group) is 1. The lowest BCUT2D eigenvalue weighted by atomic mass is 9.93. The van der Waals surface area contributed by atoms with Crippen molar-refractivity contribution in [1.82, 2.24) is 5.32 Å². The van der Waals surface area contributed by atoms with E-state index in [4.69, 9.17) is 0 Å². The van der Waals surface area contributed by atoms with Crippen LogP contribution in [0.25, 0.3) is 0 Å². The Hall–Kier alpha value is -1.34. The second-order valence-electron chi connectivity index (χ2n) is 3.57. The molecule has 1 atom stereocenters. The van der Waals surface area contributed by atoms with E-state index in [1.54, 1.807) is 0 Å². The van der Waals surface area contributed by atoms with Crippen LogP contribution in [0, 0.1) is 5.92 Å². The highest BCUT2D eigenvalue weighted by Gasteiger charge is 2.10. The van der Waals surface area contributed by atoms with Crippen molar-refractivity contribution < 1.29 is 0 Å². The molecule has 0 heterocycles. The minimum Gasteiger partial charge on any atom is -0.316 e. The summed E-state index contributed by atoms with van der Waals surface area (Å²) in [7, 11) is 1.98. The van der Waals surface area contributed by atoms with Gasteiger partial charge >= 0.3 is 0 Å². The maximum atomic E-state index is 3.18. The summed E-state index contributed by atoms with van der Waals surface area (Å²) in [5, 5.41) is 3.18. The van der Waals surface area contributed by atoms with Crippen LogP contribution in [0.3, 0.4) is 0 Å². The summed E-state index contributed by atoms with van der Waals surface area (Å²) in [5.41, 5.74) is 2.72. The van der Waals surface area contributed by atoms with Crippen molar-refractivity contribution >= 4 is 0 Å². The van der Waals surface area contributed by atoms with Crippen LogP contribution in [-0.4, -0.2) is 13.6 Å². The van der Waals surface area contributed by atoms with Crippen molar-refractivity contribution in [3.8, 4) is 0 Å². The van der Waals surface area contributed by atoms with Crippen LogP contribution in [0.5, 0.6) is 0 Å². The van der Waals surface area contributed by atoms with E-state index in [0.29, 0.717) is 5.92 Å². The Labute approximate surface area is 85.2 Å². The highest BCUT2D eigenvalue weighted by atomic mass is 14.8. The summed E-state index contributed by atoms with van der Waals surface area (Å²) in [6.07, 6.45) is 17.4. The first-order valence-corrected chi connectivity index (χ1v) is 4.98. The molecule has 2 rings (SSSR count). The van der Waals surface area contributed by atoms with Gasteiger partial charge in [0.1, 0.15) is 0 Å². The van der Waals surface area contributed by atoms with Gasteiger partial charge in [0.2, 0.25) is 0 Å². The van der Waals surface area contributed by atoms with Gasteiger partial charge in [-0.15, -0.1) is 0 Å². The van der Waals surface area contributed by atoms with Crippen molar-refractivity contribution in [3.05, 3.63) is 59.8 Å². The van der Waals surface area contributed by atoms with Gasteiger partial charge in [-0.05, 0) is 18.2 Å². The minimum atomic E-state index is 0.457. The summed E-state index contributed by atoms with van der Waals surface area (Å²) in [4.78, 5) is 0. The van der Waals surface area contributed by atoms with E-state index in [1.165, 1.54) is 11.1 Å². The Bertz CT molecular complexity index is 353. The molecule has 0 aromatic carbocycles. The molecule has 0 bridgehead atoms. The molecular formula is C13H15N. The monoisotopic (exact) mass is 185 g/mol. The Kier molecular flexibility index (Phi) is 2.80. The van der Waals surface area contributed by atoms with Gasteiger partial charge in [0.05, 0.1) is 0 Å². The Morgan fingerprint density at radius 3 is 3.00 bits per heavy atom. The SMILES string of the molecule is CNCC1=CC2C=CC=CC2=CC=C1. The Morgan fingerprint density at radius 2 is 2.14 bits per heavy atom. The zero-order valence-electron chi connectivity index (χ0n) is 8.40. The molecule has 14 heavy (non-hydrogen) atoms. The van der Waals surface area contributed by atoms with Gasteiger partial charge in [-0.25, -0.2) is 0 Å². The number of nitrogens with one attached hydrogen (secondary N) is 1. The molecule has 0 spiro atoms. The molecule has 0 saturated carbocycles. The smallest absolute Gasteiger partial charge is 0.0207 e. The highest BCUT2D eigenvalue weighted by Crippen LogP contribution is 2.23. The lowest BCUT2D eigenvalue weighted by Gasteiger charge is -2.12. The van der Waals surface area contributed by atoms with Crippen LogP contribution >= 0.6 is 0 Å². The Morgan fingerprint density at radius 1 is 1.21 bits per heavy atom. The van der Waals surface area contributed by atoms with E-state index in [2.05, 4.69) is 53.9 Å². The van der Waals surface area contributed by atoms with Gasteiger partial charge in [0.25, 0.3) is 0 Å². The summed E-state index contributed by atoms with van der Waals surface area (Å²) < 4.78 is 0. The minimum absolute atomic E-state index is 0.457. The lowest BCUT2D eigenvalue weighted by molar-refractivity contribution is 0.878. The molecule has 1 heteroatoms. The predicted octanol–water partition coefficient (Wildman–Crippen LogP) is 2.37. The molecule has 72 valence electrons. The van der Waals surface area contributed by atoms with Gasteiger partial charge in [-0.1, -0.05) is 48.6 Å². The van der Waals surface area contributed by atoms with Crippen molar-refractivity contribution in [1.29, 1.82) is 0 Å². The number of rotatable bonds is 2. The molecule has 1 unspecified atom stereocenters. The zero-order chi connectivity index (χ0) is 9.80. The van der Waals surface area contributed by atoms with Crippen molar-refractivity contribution in [2.24, 2.45) is 5.92 Å². The summed E-state index contributed by atoms with van der Waals surface area (Å²) >= 11 is 0. The lowest BCUT2D eigenvalue weighted by Crippen LogP contribution is -2.10. The fourth-order valence-corrected chi connectivity index (χ4v) is 1.78. The summed E-state index contributed by atoms with van der Waals surface area (Å²) in [6.45, 7) is 0.936. The first-order chi connectivity index (χ1) is 6.90. The third kappa shape index (κ3) is 1.94. The van der Waals surface area contributed by atoms with Crippen molar-refractivity contribution in [3.63, 3.8) is 0 Å². The molecule has 1 nitrogen and oxygen atoms in total. The first-order valence-electron chi connectivity index (χ1n) is 4.98. The fourth-order valence-electron chi connectivity index (χ4n) is 1.78. The fraction of sp³-hybridized carbons (Fsp3) is 0.231. The van der Waals surface area contributed by atoms with Crippen molar-refractivity contribution in [2.75, 3.05) is 13.6 Å². The number of hydrogen-bond donors (Lipinski definition) is 1. The van der Waals surface area contributed by atoms with Gasteiger partial charge in [0.15, 0.2) is 0 Å². The topological polar surface area (TPSA) is 12.0 Å². The molecule has 0 aromatic heterocycles. The average molecular weight is 185 g/mol. The second kappa shape index (κ2) is 4.25. The molecular weight excluding hydrogens is 170 g/mol. The third-order valence-corrected chi connectivity index (χ3v) is 2.48. The molecule has 0 fully saturated rings. The van der Waals surface area contributed by atoms with Crippen LogP contribution in [0.1, 0.15) is 0 Å². The van der Waals surface area contributed by atoms with E-state index in [9.17, 15) is 0 Å². The normalized spacial score (nSPS) is 23.9. The van der Waals surface area contributed by atoms with E-state index in [-0.39, 0.29) is 0 Å². The van der Waals surface area contributed by atoms with E-state index >= 15 is 0 Å². The number of hydrogen-bond acceptors (Lipinski definition) is 1. The number of allylic oxidation sites excluding steroid dienone is 8. The molecule has 2 aliphatic carbocycles. The van der Waals surface area contributed by atoms with E-state index in [1.807, 2.05) is 7.05 Å². The molecule has 0 radical (unpaired) electrons. The van der Waals surface area contributed by atoms with Crippen LogP contribution in [0.4, 0.5) is 0 Å². The molecule has 1 N–H and O–H groups in total. The molecule has 2 aliphatic rings. The third-order valence-electron chi connectivity index (χ3n) is 2.48. The van der Waals surface area contributed by atoms with Crippen LogP contribution in [0.15, 0.2) is 59.8 Å². The summed E-state index contributed by atoms with van der Waals surface area (Å²) in [6, 6.07) is 0. The maximum Gasteiger partial charge on any atom is 0.0207 e. The standard InChI is InChI=1S/C13H15N/c1-14-10-11-5-4-8-12-6-2-3-7-13(12)9-11/h2-9,13-14H,10H2,1H3. The second-order valence-corrected chi connectivity index (χ2v) is 3.57. The molecule has 0 saturated heterocycles. The van der Waals surface area contributed by atoms with E-state index in [0.717, 1.165) is 6.54 Å². The molecule has 0 aromatic rings. The molecule has 0 amide bonds. The van der Waals surface area contributed by atoms with Crippen LogP contribution in [-0.2, 0) is 0 Å². The van der Waals surface area contributed by atoms with E-state index < -0.39 is 0 Å². The first kappa shape index (κ1) is 9.22. The van der Waals surface area contributed by atoms with Gasteiger partial charge in [0, 0.05) is 12.5 Å². The Balaban J connectivity index is 2.24. The van der Waals surface area contributed by atoms with Gasteiger partial charge in [-0.2, -0.15) is 0 Å². The van der Waals surface area contributed by atoms with Gasteiger partial charge < -0.3 is 5.32 Å².